The van der Waals surface area contributed by atoms with Crippen LogP contribution in [0.1, 0.15) is 68.7 Å². The minimum Gasteiger partial charge on any atom is -0.381 e. The van der Waals surface area contributed by atoms with Gasteiger partial charge in [-0.3, -0.25) is 4.79 Å². The van der Waals surface area contributed by atoms with E-state index in [1.54, 1.807) is 0 Å². The van der Waals surface area contributed by atoms with Crippen LogP contribution < -0.4 is 0 Å². The third-order valence-electron chi connectivity index (χ3n) is 4.90. The molecule has 0 unspecified atom stereocenters. The maximum absolute atomic E-state index is 12.0. The van der Waals surface area contributed by atoms with Crippen molar-refractivity contribution in [3.05, 3.63) is 35.3 Å². The van der Waals surface area contributed by atoms with Gasteiger partial charge in [0.2, 0.25) is 0 Å². The zero-order valence-electron chi connectivity index (χ0n) is 15.3. The largest absolute Gasteiger partial charge is 0.381 e. The van der Waals surface area contributed by atoms with Crippen molar-refractivity contribution >= 4 is 11.4 Å². The summed E-state index contributed by atoms with van der Waals surface area (Å²) in [5, 5.41) is 0. The number of imidazole rings is 1. The maximum atomic E-state index is 12.0. The molecule has 24 heavy (non-hydrogen) atoms. The summed E-state index contributed by atoms with van der Waals surface area (Å²) in [5.41, 5.74) is 4.07. The minimum absolute atomic E-state index is 0.0125. The fourth-order valence-electron chi connectivity index (χ4n) is 3.49. The highest BCUT2D eigenvalue weighted by molar-refractivity contribution is 5.96. The summed E-state index contributed by atoms with van der Waals surface area (Å²) in [7, 11) is 0. The Morgan fingerprint density at radius 2 is 2.04 bits per heavy atom. The van der Waals surface area contributed by atoms with E-state index in [4.69, 9.17) is 9.72 Å². The number of hydrogen-bond donors (Lipinski definition) is 0. The Kier molecular flexibility index (Phi) is 4.77. The molecule has 0 N–H and O–H groups in total. The molecule has 1 aliphatic rings. The van der Waals surface area contributed by atoms with Crippen molar-refractivity contribution in [1.82, 2.24) is 9.38 Å². The van der Waals surface area contributed by atoms with Gasteiger partial charge in [0.1, 0.15) is 5.65 Å². The number of fused-ring (bicyclic) bond motifs is 1. The first-order valence-corrected chi connectivity index (χ1v) is 9.02. The molecular weight excluding hydrogens is 300 g/mol. The molecule has 2 aromatic heterocycles. The van der Waals surface area contributed by atoms with Crippen LogP contribution in [0.2, 0.25) is 0 Å². The molecule has 3 rings (SSSR count). The predicted molar refractivity (Wildman–Crippen MR) is 95.8 cm³/mol. The van der Waals surface area contributed by atoms with Crippen molar-refractivity contribution < 1.29 is 9.53 Å². The Labute approximate surface area is 144 Å². The molecule has 1 aliphatic heterocycles. The van der Waals surface area contributed by atoms with Crippen LogP contribution in [0.5, 0.6) is 0 Å². The molecule has 1 saturated heterocycles. The fraction of sp³-hybridized carbons (Fsp3) is 0.600. The lowest BCUT2D eigenvalue weighted by Gasteiger charge is -2.24. The third kappa shape index (κ3) is 3.39. The smallest absolute Gasteiger partial charge is 0.162 e. The molecule has 0 atom stereocenters. The number of pyridine rings is 1. The molecule has 1 fully saturated rings. The van der Waals surface area contributed by atoms with E-state index in [9.17, 15) is 4.79 Å². The van der Waals surface area contributed by atoms with Gasteiger partial charge in [-0.2, -0.15) is 0 Å². The second-order valence-electron chi connectivity index (χ2n) is 7.84. The topological polar surface area (TPSA) is 43.6 Å². The standard InChI is InChI=1S/C20H28N2O2/c1-5-17(23)15-6-9-22-16(12-14-7-10-24-11-8-14)19(20(2,3)4)21-18(22)13-15/h6,9,13-14H,5,7-8,10-12H2,1-4H3. The van der Waals surface area contributed by atoms with Gasteiger partial charge in [-0.05, 0) is 37.3 Å². The van der Waals surface area contributed by atoms with Gasteiger partial charge in [0.15, 0.2) is 5.78 Å². The molecule has 0 spiro atoms. The van der Waals surface area contributed by atoms with E-state index in [1.165, 1.54) is 5.69 Å². The number of ether oxygens (including phenoxy) is 1. The number of aromatic nitrogens is 2. The molecule has 0 bridgehead atoms. The average Bonchev–Trinajstić information content (AvgIpc) is 2.93. The van der Waals surface area contributed by atoms with Crippen molar-refractivity contribution in [2.75, 3.05) is 13.2 Å². The van der Waals surface area contributed by atoms with Crippen molar-refractivity contribution in [2.45, 2.75) is 58.8 Å². The Bertz CT molecular complexity index is 734. The molecule has 0 amide bonds. The van der Waals surface area contributed by atoms with E-state index in [-0.39, 0.29) is 11.2 Å². The lowest BCUT2D eigenvalue weighted by Crippen LogP contribution is -2.21. The molecule has 3 heterocycles. The van der Waals surface area contributed by atoms with E-state index in [0.717, 1.165) is 49.4 Å². The van der Waals surface area contributed by atoms with E-state index in [0.29, 0.717) is 12.3 Å². The number of carbonyl (C=O) groups excluding carboxylic acids is 1. The second-order valence-corrected chi connectivity index (χ2v) is 7.84. The summed E-state index contributed by atoms with van der Waals surface area (Å²) in [6.07, 6.45) is 5.80. The van der Waals surface area contributed by atoms with Crippen LogP contribution in [0.3, 0.4) is 0 Å². The normalized spacial score (nSPS) is 16.7. The van der Waals surface area contributed by atoms with E-state index in [2.05, 4.69) is 25.2 Å². The van der Waals surface area contributed by atoms with E-state index >= 15 is 0 Å². The SMILES string of the molecule is CCC(=O)c1ccn2c(CC3CCOCC3)c(C(C)(C)C)nc2c1. The Balaban J connectivity index is 2.04. The number of carbonyl (C=O) groups is 1. The Hall–Kier alpha value is -1.68. The summed E-state index contributed by atoms with van der Waals surface area (Å²) in [5.74, 6) is 0.820. The second kappa shape index (κ2) is 6.67. The quantitative estimate of drug-likeness (QED) is 0.790. The van der Waals surface area contributed by atoms with Gasteiger partial charge in [-0.25, -0.2) is 4.98 Å². The lowest BCUT2D eigenvalue weighted by atomic mass is 9.86. The van der Waals surface area contributed by atoms with Gasteiger partial charge in [0, 0.05) is 42.5 Å². The number of Topliss-reactive ketones (excluding diaryl/α,β-unsaturated/α-hetero) is 1. The van der Waals surface area contributed by atoms with Gasteiger partial charge in [0.05, 0.1) is 5.69 Å². The summed E-state index contributed by atoms with van der Waals surface area (Å²) in [4.78, 5) is 16.9. The van der Waals surface area contributed by atoms with Gasteiger partial charge in [-0.15, -0.1) is 0 Å². The highest BCUT2D eigenvalue weighted by atomic mass is 16.5. The summed E-state index contributed by atoms with van der Waals surface area (Å²) in [6, 6.07) is 3.87. The lowest BCUT2D eigenvalue weighted by molar-refractivity contribution is 0.0661. The molecule has 2 aromatic rings. The predicted octanol–water partition coefficient (Wildman–Crippen LogP) is 4.19. The van der Waals surface area contributed by atoms with Crippen LogP contribution in [0, 0.1) is 5.92 Å². The summed E-state index contributed by atoms with van der Waals surface area (Å²) >= 11 is 0. The number of rotatable bonds is 4. The van der Waals surface area contributed by atoms with Crippen LogP contribution in [-0.4, -0.2) is 28.4 Å². The van der Waals surface area contributed by atoms with Crippen LogP contribution in [0.25, 0.3) is 5.65 Å². The van der Waals surface area contributed by atoms with Crippen molar-refractivity contribution in [3.8, 4) is 0 Å². The van der Waals surface area contributed by atoms with Gasteiger partial charge in [0.25, 0.3) is 0 Å². The molecule has 4 heteroatoms. The highest BCUT2D eigenvalue weighted by Gasteiger charge is 2.26. The van der Waals surface area contributed by atoms with Crippen LogP contribution in [0.4, 0.5) is 0 Å². The zero-order chi connectivity index (χ0) is 17.3. The molecule has 0 radical (unpaired) electrons. The first-order chi connectivity index (χ1) is 11.4. The van der Waals surface area contributed by atoms with Crippen LogP contribution in [0.15, 0.2) is 18.3 Å². The monoisotopic (exact) mass is 328 g/mol. The molecule has 0 saturated carbocycles. The zero-order valence-corrected chi connectivity index (χ0v) is 15.3. The number of nitrogens with zero attached hydrogens (tertiary/aromatic N) is 2. The number of ketones is 1. The van der Waals surface area contributed by atoms with E-state index < -0.39 is 0 Å². The van der Waals surface area contributed by atoms with Crippen molar-refractivity contribution in [1.29, 1.82) is 0 Å². The van der Waals surface area contributed by atoms with E-state index in [1.807, 2.05) is 25.3 Å². The molecule has 130 valence electrons. The fourth-order valence-corrected chi connectivity index (χ4v) is 3.49. The van der Waals surface area contributed by atoms with Crippen molar-refractivity contribution in [2.24, 2.45) is 5.92 Å². The van der Waals surface area contributed by atoms with Gasteiger partial charge < -0.3 is 9.14 Å². The Morgan fingerprint density at radius 3 is 2.67 bits per heavy atom. The highest BCUT2D eigenvalue weighted by Crippen LogP contribution is 2.30. The van der Waals surface area contributed by atoms with Crippen molar-refractivity contribution in [3.63, 3.8) is 0 Å². The first-order valence-electron chi connectivity index (χ1n) is 9.02. The van der Waals surface area contributed by atoms with Gasteiger partial charge in [-0.1, -0.05) is 27.7 Å². The molecule has 0 aromatic carbocycles. The Morgan fingerprint density at radius 1 is 1.33 bits per heavy atom. The van der Waals surface area contributed by atoms with Gasteiger partial charge >= 0.3 is 0 Å². The molecule has 4 nitrogen and oxygen atoms in total. The first kappa shape index (κ1) is 17.2. The third-order valence-corrected chi connectivity index (χ3v) is 4.90. The molecular formula is C20H28N2O2. The average molecular weight is 328 g/mol. The van der Waals surface area contributed by atoms with Crippen LogP contribution >= 0.6 is 0 Å². The number of hydrogen-bond acceptors (Lipinski definition) is 3. The van der Waals surface area contributed by atoms with Crippen LogP contribution in [-0.2, 0) is 16.6 Å². The molecule has 0 aliphatic carbocycles. The minimum atomic E-state index is -0.0125. The summed E-state index contributed by atoms with van der Waals surface area (Å²) < 4.78 is 7.68. The maximum Gasteiger partial charge on any atom is 0.162 e. The summed E-state index contributed by atoms with van der Waals surface area (Å²) in [6.45, 7) is 10.2.